The van der Waals surface area contributed by atoms with Crippen molar-refractivity contribution in [2.24, 2.45) is 7.05 Å². The van der Waals surface area contributed by atoms with E-state index in [1.165, 1.54) is 12.8 Å². The van der Waals surface area contributed by atoms with Crippen LogP contribution in [0.25, 0.3) is 0 Å². The van der Waals surface area contributed by atoms with Gasteiger partial charge < -0.3 is 5.11 Å². The summed E-state index contributed by atoms with van der Waals surface area (Å²) in [6.07, 6.45) is 6.51. The van der Waals surface area contributed by atoms with Crippen LogP contribution in [0, 0.1) is 6.92 Å². The van der Waals surface area contributed by atoms with Crippen molar-refractivity contribution in [3.63, 3.8) is 0 Å². The minimum atomic E-state index is -0.747. The Hall–Kier alpha value is -1.36. The normalized spacial score (nSPS) is 16.6. The van der Waals surface area contributed by atoms with Gasteiger partial charge in [-0.1, -0.05) is 12.8 Å². The van der Waals surface area contributed by atoms with Crippen LogP contribution in [0.1, 0.15) is 36.9 Å². The fourth-order valence-corrected chi connectivity index (χ4v) is 2.68. The largest absolute Gasteiger partial charge is 0.480 e. The Morgan fingerprint density at radius 2 is 2.22 bits per heavy atom. The number of hydrogen-bond acceptors (Lipinski definition) is 3. The molecule has 0 atom stereocenters. The third-order valence-electron chi connectivity index (χ3n) is 3.89. The van der Waals surface area contributed by atoms with E-state index in [0.717, 1.165) is 24.1 Å². The number of aliphatic carboxylic acids is 1. The van der Waals surface area contributed by atoms with Gasteiger partial charge in [0, 0.05) is 30.9 Å². The lowest BCUT2D eigenvalue weighted by Crippen LogP contribution is -2.37. The topological polar surface area (TPSA) is 58.4 Å². The molecule has 1 aromatic rings. The zero-order valence-corrected chi connectivity index (χ0v) is 11.1. The van der Waals surface area contributed by atoms with E-state index >= 15 is 0 Å². The Morgan fingerprint density at radius 3 is 2.72 bits per heavy atom. The molecule has 0 aliphatic heterocycles. The minimum absolute atomic E-state index is 0.124. The lowest BCUT2D eigenvalue weighted by molar-refractivity contribution is -0.139. The maximum absolute atomic E-state index is 11.0. The number of hydrogen-bond donors (Lipinski definition) is 1. The molecule has 18 heavy (non-hydrogen) atoms. The molecule has 1 fully saturated rings. The molecule has 1 aliphatic carbocycles. The summed E-state index contributed by atoms with van der Waals surface area (Å²) in [5.41, 5.74) is 2.24. The summed E-state index contributed by atoms with van der Waals surface area (Å²) in [6.45, 7) is 2.84. The number of aromatic nitrogens is 2. The molecule has 1 heterocycles. The fourth-order valence-electron chi connectivity index (χ4n) is 2.68. The SMILES string of the molecule is Cc1c(CN(CC(=O)O)C2CCCC2)cnn1C. The minimum Gasteiger partial charge on any atom is -0.480 e. The molecule has 0 saturated heterocycles. The van der Waals surface area contributed by atoms with Crippen molar-refractivity contribution in [3.05, 3.63) is 17.5 Å². The second-order valence-electron chi connectivity index (χ2n) is 5.12. The average molecular weight is 251 g/mol. The smallest absolute Gasteiger partial charge is 0.317 e. The molecule has 0 radical (unpaired) electrons. The third kappa shape index (κ3) is 2.90. The molecule has 0 spiro atoms. The summed E-state index contributed by atoms with van der Waals surface area (Å²) in [6, 6.07) is 0.417. The first-order valence-electron chi connectivity index (χ1n) is 6.51. The fraction of sp³-hybridized carbons (Fsp3) is 0.692. The molecule has 0 bridgehead atoms. The van der Waals surface area contributed by atoms with Gasteiger partial charge in [-0.05, 0) is 19.8 Å². The van der Waals surface area contributed by atoms with Crippen LogP contribution in [0.2, 0.25) is 0 Å². The number of carboxylic acids is 1. The maximum Gasteiger partial charge on any atom is 0.317 e. The van der Waals surface area contributed by atoms with Crippen molar-refractivity contribution in [2.45, 2.75) is 45.2 Å². The van der Waals surface area contributed by atoms with E-state index in [2.05, 4.69) is 10.00 Å². The quantitative estimate of drug-likeness (QED) is 0.862. The van der Waals surface area contributed by atoms with Gasteiger partial charge in [-0.3, -0.25) is 14.4 Å². The van der Waals surface area contributed by atoms with Gasteiger partial charge in [-0.2, -0.15) is 5.10 Å². The third-order valence-corrected chi connectivity index (χ3v) is 3.89. The molecule has 2 rings (SSSR count). The van der Waals surface area contributed by atoms with Crippen LogP contribution in [-0.4, -0.2) is 38.3 Å². The number of rotatable bonds is 5. The predicted molar refractivity (Wildman–Crippen MR) is 68.2 cm³/mol. The first kappa shape index (κ1) is 13.1. The Kier molecular flexibility index (Phi) is 4.01. The van der Waals surface area contributed by atoms with Crippen LogP contribution in [0.5, 0.6) is 0 Å². The van der Waals surface area contributed by atoms with Gasteiger partial charge in [-0.15, -0.1) is 0 Å². The van der Waals surface area contributed by atoms with Gasteiger partial charge in [0.25, 0.3) is 0 Å². The van der Waals surface area contributed by atoms with Gasteiger partial charge >= 0.3 is 5.97 Å². The molecule has 5 nitrogen and oxygen atoms in total. The summed E-state index contributed by atoms with van der Waals surface area (Å²) >= 11 is 0. The maximum atomic E-state index is 11.0. The van der Waals surface area contributed by atoms with Crippen molar-refractivity contribution < 1.29 is 9.90 Å². The van der Waals surface area contributed by atoms with E-state index in [1.54, 1.807) is 0 Å². The summed E-state index contributed by atoms with van der Waals surface area (Å²) in [7, 11) is 1.91. The Morgan fingerprint density at radius 1 is 1.56 bits per heavy atom. The van der Waals surface area contributed by atoms with E-state index in [-0.39, 0.29) is 6.54 Å². The van der Waals surface area contributed by atoms with Crippen LogP contribution in [0.4, 0.5) is 0 Å². The van der Waals surface area contributed by atoms with Gasteiger partial charge in [-0.25, -0.2) is 0 Å². The van der Waals surface area contributed by atoms with Gasteiger partial charge in [0.05, 0.1) is 12.7 Å². The molecule has 1 aliphatic rings. The first-order valence-corrected chi connectivity index (χ1v) is 6.51. The van der Waals surface area contributed by atoms with Crippen molar-refractivity contribution >= 4 is 5.97 Å². The summed E-state index contributed by atoms with van der Waals surface area (Å²) < 4.78 is 1.84. The van der Waals surface area contributed by atoms with Crippen molar-refractivity contribution in [2.75, 3.05) is 6.54 Å². The summed E-state index contributed by atoms with van der Waals surface area (Å²) in [5.74, 6) is -0.747. The van der Waals surface area contributed by atoms with Crippen molar-refractivity contribution in [3.8, 4) is 0 Å². The molecule has 1 saturated carbocycles. The second-order valence-corrected chi connectivity index (χ2v) is 5.12. The summed E-state index contributed by atoms with van der Waals surface area (Å²) in [5, 5.41) is 13.3. The molecule has 100 valence electrons. The monoisotopic (exact) mass is 251 g/mol. The van der Waals surface area contributed by atoms with Gasteiger partial charge in [0.2, 0.25) is 0 Å². The second kappa shape index (κ2) is 5.52. The lowest BCUT2D eigenvalue weighted by Gasteiger charge is -2.26. The highest BCUT2D eigenvalue weighted by molar-refractivity contribution is 5.69. The standard InChI is InChI=1S/C13H21N3O2/c1-10-11(7-14-15(10)2)8-16(9-13(17)18)12-5-3-4-6-12/h7,12H,3-6,8-9H2,1-2H3,(H,17,18). The number of carbonyl (C=O) groups is 1. The number of carboxylic acid groups (broad SMARTS) is 1. The average Bonchev–Trinajstić information content (AvgIpc) is 2.93. The highest BCUT2D eigenvalue weighted by atomic mass is 16.4. The molecule has 5 heteroatoms. The van der Waals surface area contributed by atoms with Crippen LogP contribution in [-0.2, 0) is 18.4 Å². The van der Waals surface area contributed by atoms with Crippen molar-refractivity contribution in [1.29, 1.82) is 0 Å². The zero-order chi connectivity index (χ0) is 13.1. The van der Waals surface area contributed by atoms with E-state index in [9.17, 15) is 4.79 Å². The molecular formula is C13H21N3O2. The lowest BCUT2D eigenvalue weighted by atomic mass is 10.1. The van der Waals surface area contributed by atoms with Gasteiger partial charge in [0.1, 0.15) is 0 Å². The van der Waals surface area contributed by atoms with Crippen LogP contribution < -0.4 is 0 Å². The van der Waals surface area contributed by atoms with E-state index in [1.807, 2.05) is 24.9 Å². The Labute approximate surface area is 107 Å². The molecule has 0 amide bonds. The van der Waals surface area contributed by atoms with E-state index in [4.69, 9.17) is 5.11 Å². The molecule has 1 aromatic heterocycles. The van der Waals surface area contributed by atoms with Crippen molar-refractivity contribution in [1.82, 2.24) is 14.7 Å². The van der Waals surface area contributed by atoms with E-state index < -0.39 is 5.97 Å². The molecule has 0 aromatic carbocycles. The summed E-state index contributed by atoms with van der Waals surface area (Å²) in [4.78, 5) is 13.1. The molecule has 1 N–H and O–H groups in total. The van der Waals surface area contributed by atoms with Crippen LogP contribution in [0.3, 0.4) is 0 Å². The Bertz CT molecular complexity index is 422. The zero-order valence-electron chi connectivity index (χ0n) is 11.1. The Balaban J connectivity index is 2.08. The number of aryl methyl sites for hydroxylation is 1. The highest BCUT2D eigenvalue weighted by Crippen LogP contribution is 2.25. The number of nitrogens with zero attached hydrogens (tertiary/aromatic N) is 3. The van der Waals surface area contributed by atoms with Crippen LogP contribution >= 0.6 is 0 Å². The first-order chi connectivity index (χ1) is 8.58. The van der Waals surface area contributed by atoms with Crippen LogP contribution in [0.15, 0.2) is 6.20 Å². The molecular weight excluding hydrogens is 230 g/mol. The van der Waals surface area contributed by atoms with Gasteiger partial charge in [0.15, 0.2) is 0 Å². The highest BCUT2D eigenvalue weighted by Gasteiger charge is 2.25. The molecule has 0 unspecified atom stereocenters. The predicted octanol–water partition coefficient (Wildman–Crippen LogP) is 1.56. The van der Waals surface area contributed by atoms with E-state index in [0.29, 0.717) is 12.6 Å².